The Balaban J connectivity index is 1.86. The molecule has 104 valence electrons. The minimum Gasteiger partial charge on any atom is -0.495 e. The molecule has 2 nitrogen and oxygen atoms in total. The van der Waals surface area contributed by atoms with Crippen molar-refractivity contribution in [1.82, 2.24) is 0 Å². The molecule has 2 aliphatic rings. The van der Waals surface area contributed by atoms with Crippen LogP contribution in [0.3, 0.4) is 0 Å². The van der Waals surface area contributed by atoms with Crippen molar-refractivity contribution < 1.29 is 9.84 Å². The van der Waals surface area contributed by atoms with Crippen molar-refractivity contribution in [2.75, 3.05) is 7.11 Å². The van der Waals surface area contributed by atoms with Gasteiger partial charge in [-0.15, -0.1) is 0 Å². The third kappa shape index (κ3) is 2.61. The van der Waals surface area contributed by atoms with Crippen molar-refractivity contribution in [2.45, 2.75) is 44.1 Å². The van der Waals surface area contributed by atoms with Crippen molar-refractivity contribution in [2.24, 2.45) is 11.8 Å². The molecule has 0 spiro atoms. The Morgan fingerprint density at radius 1 is 1.26 bits per heavy atom. The maximum absolute atomic E-state index is 11.0. The summed E-state index contributed by atoms with van der Waals surface area (Å²) in [5.41, 5.74) is 0.266. The van der Waals surface area contributed by atoms with Crippen LogP contribution in [0.15, 0.2) is 18.2 Å². The van der Waals surface area contributed by atoms with Gasteiger partial charge in [0.1, 0.15) is 5.75 Å². The van der Waals surface area contributed by atoms with Crippen LogP contribution in [0, 0.1) is 11.8 Å². The molecule has 0 amide bonds. The summed E-state index contributed by atoms with van der Waals surface area (Å²) in [5.74, 6) is 2.21. The molecular formula is C16H21ClO2. The first-order valence-corrected chi connectivity index (χ1v) is 7.56. The van der Waals surface area contributed by atoms with E-state index >= 15 is 0 Å². The molecule has 3 heteroatoms. The van der Waals surface area contributed by atoms with Crippen LogP contribution in [0.25, 0.3) is 0 Å². The smallest absolute Gasteiger partial charge is 0.137 e. The molecule has 1 aromatic carbocycles. The molecule has 2 fully saturated rings. The minimum absolute atomic E-state index is 0.601. The van der Waals surface area contributed by atoms with Crippen molar-refractivity contribution in [1.29, 1.82) is 0 Å². The van der Waals surface area contributed by atoms with Gasteiger partial charge in [0, 0.05) is 0 Å². The quantitative estimate of drug-likeness (QED) is 0.902. The average molecular weight is 281 g/mol. The molecule has 1 N–H and O–H groups in total. The van der Waals surface area contributed by atoms with Gasteiger partial charge in [-0.1, -0.05) is 17.7 Å². The highest BCUT2D eigenvalue weighted by atomic mass is 35.5. The predicted molar refractivity (Wildman–Crippen MR) is 76.6 cm³/mol. The van der Waals surface area contributed by atoms with Crippen LogP contribution in [-0.2, 0) is 5.60 Å². The molecule has 0 bridgehead atoms. The zero-order chi connectivity index (χ0) is 13.5. The zero-order valence-electron chi connectivity index (χ0n) is 11.4. The van der Waals surface area contributed by atoms with Gasteiger partial charge in [-0.25, -0.2) is 0 Å². The third-order valence-electron chi connectivity index (χ3n) is 4.74. The normalized spacial score (nSPS) is 31.2. The van der Waals surface area contributed by atoms with Gasteiger partial charge in [0.05, 0.1) is 17.7 Å². The number of benzene rings is 1. The number of ether oxygens (including phenoxy) is 1. The lowest BCUT2D eigenvalue weighted by molar-refractivity contribution is -0.0252. The van der Waals surface area contributed by atoms with Gasteiger partial charge < -0.3 is 9.84 Å². The van der Waals surface area contributed by atoms with Crippen molar-refractivity contribution in [3.05, 3.63) is 28.8 Å². The molecule has 3 rings (SSSR count). The minimum atomic E-state index is -0.691. The lowest BCUT2D eigenvalue weighted by atomic mass is 9.73. The van der Waals surface area contributed by atoms with Crippen molar-refractivity contribution in [3.63, 3.8) is 0 Å². The van der Waals surface area contributed by atoms with Crippen LogP contribution in [0.4, 0.5) is 0 Å². The fraction of sp³-hybridized carbons (Fsp3) is 0.625. The Hall–Kier alpha value is -0.730. The molecule has 19 heavy (non-hydrogen) atoms. The van der Waals surface area contributed by atoms with Gasteiger partial charge in [0.2, 0.25) is 0 Å². The van der Waals surface area contributed by atoms with Gasteiger partial charge in [0.15, 0.2) is 0 Å². The van der Waals surface area contributed by atoms with Gasteiger partial charge in [-0.2, -0.15) is 0 Å². The number of rotatable bonds is 3. The van der Waals surface area contributed by atoms with Crippen molar-refractivity contribution in [3.8, 4) is 5.75 Å². The molecule has 2 aliphatic carbocycles. The second kappa shape index (κ2) is 4.99. The summed E-state index contributed by atoms with van der Waals surface area (Å²) in [7, 11) is 1.61. The highest BCUT2D eigenvalue weighted by Crippen LogP contribution is 2.50. The standard InChI is InChI=1S/C16H21ClO2/c1-19-15-9-13(6-7-14(15)17)16(18)8-2-3-12(10-16)11-4-5-11/h6-7,9,11-12,18H,2-5,8,10H2,1H3. The first-order valence-electron chi connectivity index (χ1n) is 7.19. The molecule has 1 aromatic rings. The van der Waals surface area contributed by atoms with Crippen LogP contribution in [-0.4, -0.2) is 12.2 Å². The second-order valence-electron chi connectivity index (χ2n) is 6.07. The Labute approximate surface area is 119 Å². The van der Waals surface area contributed by atoms with E-state index < -0.39 is 5.60 Å². The Morgan fingerprint density at radius 3 is 2.74 bits per heavy atom. The number of hydrogen-bond donors (Lipinski definition) is 1. The average Bonchev–Trinajstić information content (AvgIpc) is 3.23. The Kier molecular flexibility index (Phi) is 3.48. The van der Waals surface area contributed by atoms with E-state index in [4.69, 9.17) is 16.3 Å². The van der Waals surface area contributed by atoms with Gasteiger partial charge in [0.25, 0.3) is 0 Å². The second-order valence-corrected chi connectivity index (χ2v) is 6.48. The van der Waals surface area contributed by atoms with E-state index in [0.717, 1.165) is 30.7 Å². The molecule has 0 aromatic heterocycles. The maximum Gasteiger partial charge on any atom is 0.137 e. The van der Waals surface area contributed by atoms with Gasteiger partial charge in [-0.3, -0.25) is 0 Å². The molecule has 2 unspecified atom stereocenters. The summed E-state index contributed by atoms with van der Waals surface area (Å²) in [4.78, 5) is 0. The summed E-state index contributed by atoms with van der Waals surface area (Å²) in [5, 5.41) is 11.6. The molecule has 0 heterocycles. The summed E-state index contributed by atoms with van der Waals surface area (Å²) >= 11 is 6.06. The lowest BCUT2D eigenvalue weighted by Crippen LogP contribution is -2.33. The van der Waals surface area contributed by atoms with Crippen LogP contribution < -0.4 is 4.74 Å². The highest BCUT2D eigenvalue weighted by molar-refractivity contribution is 6.32. The molecule has 2 saturated carbocycles. The van der Waals surface area contributed by atoms with Crippen molar-refractivity contribution >= 4 is 11.6 Å². The Morgan fingerprint density at radius 2 is 2.05 bits per heavy atom. The molecule has 2 atom stereocenters. The summed E-state index contributed by atoms with van der Waals surface area (Å²) in [6, 6.07) is 5.67. The molecule has 0 radical (unpaired) electrons. The number of hydrogen-bond acceptors (Lipinski definition) is 2. The SMILES string of the molecule is COc1cc(C2(O)CCCC(C3CC3)C2)ccc1Cl. The van der Waals surface area contributed by atoms with E-state index in [1.54, 1.807) is 7.11 Å². The van der Waals surface area contributed by atoms with Gasteiger partial charge in [-0.05, 0) is 68.1 Å². The molecule has 0 saturated heterocycles. The fourth-order valence-corrected chi connectivity index (χ4v) is 3.67. The van der Waals surface area contributed by atoms with E-state index in [1.807, 2.05) is 18.2 Å². The fourth-order valence-electron chi connectivity index (χ4n) is 3.48. The summed E-state index contributed by atoms with van der Waals surface area (Å²) < 4.78 is 5.27. The van der Waals surface area contributed by atoms with E-state index in [9.17, 15) is 5.11 Å². The number of aliphatic hydroxyl groups is 1. The van der Waals surface area contributed by atoms with E-state index in [-0.39, 0.29) is 0 Å². The predicted octanol–water partition coefficient (Wildman–Crippen LogP) is 4.14. The van der Waals surface area contributed by atoms with Crippen LogP contribution in [0.1, 0.15) is 44.1 Å². The number of halogens is 1. The van der Waals surface area contributed by atoms with E-state index in [2.05, 4.69) is 0 Å². The molecule has 0 aliphatic heterocycles. The topological polar surface area (TPSA) is 29.5 Å². The maximum atomic E-state index is 11.0. The monoisotopic (exact) mass is 280 g/mol. The number of methoxy groups -OCH3 is 1. The van der Waals surface area contributed by atoms with E-state index in [1.165, 1.54) is 19.3 Å². The Bertz CT molecular complexity index is 470. The van der Waals surface area contributed by atoms with Crippen LogP contribution in [0.2, 0.25) is 5.02 Å². The lowest BCUT2D eigenvalue weighted by Gasteiger charge is -2.37. The third-order valence-corrected chi connectivity index (χ3v) is 5.05. The first kappa shape index (κ1) is 13.3. The first-order chi connectivity index (χ1) is 9.12. The zero-order valence-corrected chi connectivity index (χ0v) is 12.1. The van der Waals surface area contributed by atoms with Crippen LogP contribution >= 0.6 is 11.6 Å². The summed E-state index contributed by atoms with van der Waals surface area (Å²) in [6.07, 6.45) is 6.83. The van der Waals surface area contributed by atoms with Gasteiger partial charge >= 0.3 is 0 Å². The van der Waals surface area contributed by atoms with Crippen LogP contribution in [0.5, 0.6) is 5.75 Å². The largest absolute Gasteiger partial charge is 0.495 e. The highest BCUT2D eigenvalue weighted by Gasteiger charge is 2.42. The molecular weight excluding hydrogens is 260 g/mol. The summed E-state index contributed by atoms with van der Waals surface area (Å²) in [6.45, 7) is 0. The van der Waals surface area contributed by atoms with E-state index in [0.29, 0.717) is 16.7 Å².